The van der Waals surface area contributed by atoms with Crippen molar-refractivity contribution in [3.8, 4) is 0 Å². The Labute approximate surface area is 140 Å². The molecule has 1 heterocycles. The molecule has 6 nitrogen and oxygen atoms in total. The largest absolute Gasteiger partial charge is 0.453 e. The highest BCUT2D eigenvalue weighted by Crippen LogP contribution is 2.22. The lowest BCUT2D eigenvalue weighted by Gasteiger charge is -2.12. The number of methoxy groups -OCH3 is 1. The number of carbonyl (C=O) groups is 1. The molecule has 7 heteroatoms. The molecule has 1 aromatic carbocycles. The van der Waals surface area contributed by atoms with Crippen LogP contribution in [0.1, 0.15) is 23.9 Å². The number of amides is 1. The van der Waals surface area contributed by atoms with E-state index in [1.54, 1.807) is 0 Å². The Morgan fingerprint density at radius 1 is 1.26 bits per heavy atom. The van der Waals surface area contributed by atoms with E-state index >= 15 is 0 Å². The van der Waals surface area contributed by atoms with Crippen LogP contribution in [0.25, 0.3) is 0 Å². The number of rotatable bonds is 5. The molecule has 0 saturated heterocycles. The van der Waals surface area contributed by atoms with E-state index in [0.717, 1.165) is 23.4 Å². The first kappa shape index (κ1) is 17.0. The number of aryl methyl sites for hydroxylation is 1. The molecule has 0 unspecified atom stereocenters. The number of ether oxygens (including phenoxy) is 1. The van der Waals surface area contributed by atoms with E-state index in [4.69, 9.17) is 11.6 Å². The van der Waals surface area contributed by atoms with Crippen molar-refractivity contribution >= 4 is 29.2 Å². The maximum Gasteiger partial charge on any atom is 0.411 e. The maximum absolute atomic E-state index is 11.1. The molecule has 2 aromatic rings. The highest BCUT2D eigenvalue weighted by Gasteiger charge is 2.09. The Hall–Kier alpha value is -2.34. The zero-order chi connectivity index (χ0) is 16.8. The molecule has 0 aliphatic rings. The molecule has 1 aromatic heterocycles. The molecule has 1 amide bonds. The number of nitrogens with zero attached hydrogens (tertiary/aromatic N) is 2. The normalized spacial score (nSPS) is 10.3. The second kappa shape index (κ2) is 7.78. The fourth-order valence-electron chi connectivity index (χ4n) is 2.08. The predicted molar refractivity (Wildman–Crippen MR) is 91.0 cm³/mol. The van der Waals surface area contributed by atoms with Crippen molar-refractivity contribution in [3.05, 3.63) is 46.4 Å². The number of hydrogen-bond donors (Lipinski definition) is 2. The zero-order valence-corrected chi connectivity index (χ0v) is 14.1. The molecule has 0 fully saturated rings. The Kier molecular flexibility index (Phi) is 5.76. The molecule has 2 N–H and O–H groups in total. The quantitative estimate of drug-likeness (QED) is 0.813. The van der Waals surface area contributed by atoms with Crippen LogP contribution in [0.2, 0.25) is 5.15 Å². The van der Waals surface area contributed by atoms with Gasteiger partial charge in [0.25, 0.3) is 0 Å². The topological polar surface area (TPSA) is 76.1 Å². The molecule has 0 atom stereocenters. The molecule has 0 bridgehead atoms. The number of benzene rings is 1. The lowest BCUT2D eigenvalue weighted by molar-refractivity contribution is 0.187. The summed E-state index contributed by atoms with van der Waals surface area (Å²) >= 11 is 6.16. The standard InChI is InChI=1S/C16H19ClN4O2/c1-4-13-14(17)19-10(2)20-15(13)18-9-11-5-7-12(8-6-11)21-16(22)23-3/h5-8H,4,9H2,1-3H3,(H,21,22)(H,18,19,20). The Bertz CT molecular complexity index is 689. The van der Waals surface area contributed by atoms with Crippen LogP contribution in [-0.4, -0.2) is 23.2 Å². The summed E-state index contributed by atoms with van der Waals surface area (Å²) in [4.78, 5) is 19.7. The fraction of sp³-hybridized carbons (Fsp3) is 0.312. The third-order valence-electron chi connectivity index (χ3n) is 3.27. The van der Waals surface area contributed by atoms with Crippen LogP contribution < -0.4 is 10.6 Å². The summed E-state index contributed by atoms with van der Waals surface area (Å²) in [6.07, 6.45) is 0.262. The first-order valence-electron chi connectivity index (χ1n) is 7.24. The highest BCUT2D eigenvalue weighted by atomic mass is 35.5. The Morgan fingerprint density at radius 2 is 1.96 bits per heavy atom. The molecule has 0 aliphatic heterocycles. The van der Waals surface area contributed by atoms with Gasteiger partial charge < -0.3 is 10.1 Å². The smallest absolute Gasteiger partial charge is 0.411 e. The Balaban J connectivity index is 2.05. The van der Waals surface area contributed by atoms with Gasteiger partial charge in [0.2, 0.25) is 0 Å². The third kappa shape index (κ3) is 4.56. The van der Waals surface area contributed by atoms with Gasteiger partial charge >= 0.3 is 6.09 Å². The van der Waals surface area contributed by atoms with Crippen molar-refractivity contribution in [2.24, 2.45) is 0 Å². The lowest BCUT2D eigenvalue weighted by atomic mass is 10.2. The van der Waals surface area contributed by atoms with Crippen molar-refractivity contribution in [3.63, 3.8) is 0 Å². The van der Waals surface area contributed by atoms with E-state index in [1.807, 2.05) is 38.1 Å². The molecule has 0 aliphatic carbocycles. The first-order valence-corrected chi connectivity index (χ1v) is 7.62. The van der Waals surface area contributed by atoms with E-state index in [-0.39, 0.29) is 0 Å². The maximum atomic E-state index is 11.1. The van der Waals surface area contributed by atoms with Gasteiger partial charge in [-0.1, -0.05) is 30.7 Å². The summed E-state index contributed by atoms with van der Waals surface area (Å²) in [7, 11) is 1.33. The van der Waals surface area contributed by atoms with E-state index in [0.29, 0.717) is 23.2 Å². The van der Waals surface area contributed by atoms with Crippen molar-refractivity contribution in [2.45, 2.75) is 26.8 Å². The average molecular weight is 335 g/mol. The molecular weight excluding hydrogens is 316 g/mol. The number of anilines is 2. The summed E-state index contributed by atoms with van der Waals surface area (Å²) in [5, 5.41) is 6.38. The predicted octanol–water partition coefficient (Wildman–Crippen LogP) is 3.79. The number of carbonyl (C=O) groups excluding carboxylic acids is 1. The third-order valence-corrected chi connectivity index (χ3v) is 3.58. The molecule has 0 saturated carbocycles. The van der Waals surface area contributed by atoms with E-state index < -0.39 is 6.09 Å². The van der Waals surface area contributed by atoms with E-state index in [9.17, 15) is 4.79 Å². The molecule has 23 heavy (non-hydrogen) atoms. The minimum atomic E-state index is -0.491. The van der Waals surface area contributed by atoms with Crippen LogP contribution in [0, 0.1) is 6.92 Å². The van der Waals surface area contributed by atoms with Crippen molar-refractivity contribution in [2.75, 3.05) is 17.7 Å². The van der Waals surface area contributed by atoms with Gasteiger partial charge in [0.1, 0.15) is 16.8 Å². The molecular formula is C16H19ClN4O2. The summed E-state index contributed by atoms with van der Waals surface area (Å²) in [5.74, 6) is 1.38. The van der Waals surface area contributed by atoms with E-state index in [1.165, 1.54) is 7.11 Å². The lowest BCUT2D eigenvalue weighted by Crippen LogP contribution is -2.11. The minimum Gasteiger partial charge on any atom is -0.453 e. The first-order chi connectivity index (χ1) is 11.0. The second-order valence-electron chi connectivity index (χ2n) is 4.91. The zero-order valence-electron chi connectivity index (χ0n) is 13.3. The van der Waals surface area contributed by atoms with Crippen LogP contribution in [-0.2, 0) is 17.7 Å². The number of halogens is 1. The Morgan fingerprint density at radius 3 is 2.57 bits per heavy atom. The summed E-state index contributed by atoms with van der Waals surface area (Å²) in [6.45, 7) is 4.42. The van der Waals surface area contributed by atoms with Gasteiger partial charge in [-0.15, -0.1) is 0 Å². The highest BCUT2D eigenvalue weighted by molar-refractivity contribution is 6.30. The molecule has 122 valence electrons. The van der Waals surface area contributed by atoms with Crippen molar-refractivity contribution in [1.29, 1.82) is 0 Å². The van der Waals surface area contributed by atoms with Gasteiger partial charge in [0.05, 0.1) is 7.11 Å². The second-order valence-corrected chi connectivity index (χ2v) is 5.27. The molecule has 0 radical (unpaired) electrons. The fourth-order valence-corrected chi connectivity index (χ4v) is 2.43. The number of hydrogen-bond acceptors (Lipinski definition) is 5. The van der Waals surface area contributed by atoms with Crippen LogP contribution >= 0.6 is 11.6 Å². The van der Waals surface area contributed by atoms with Gasteiger partial charge in [-0.25, -0.2) is 14.8 Å². The van der Waals surface area contributed by atoms with Gasteiger partial charge in [0.15, 0.2) is 0 Å². The van der Waals surface area contributed by atoms with Gasteiger partial charge in [-0.05, 0) is 31.0 Å². The van der Waals surface area contributed by atoms with Crippen LogP contribution in [0.3, 0.4) is 0 Å². The van der Waals surface area contributed by atoms with Gasteiger partial charge in [0, 0.05) is 17.8 Å². The SMILES string of the molecule is CCc1c(Cl)nc(C)nc1NCc1ccc(NC(=O)OC)cc1. The van der Waals surface area contributed by atoms with Crippen molar-refractivity contribution in [1.82, 2.24) is 9.97 Å². The number of aromatic nitrogens is 2. The monoisotopic (exact) mass is 334 g/mol. The average Bonchev–Trinajstić information content (AvgIpc) is 2.53. The van der Waals surface area contributed by atoms with Crippen LogP contribution in [0.5, 0.6) is 0 Å². The van der Waals surface area contributed by atoms with Gasteiger partial charge in [-0.2, -0.15) is 0 Å². The van der Waals surface area contributed by atoms with Crippen molar-refractivity contribution < 1.29 is 9.53 Å². The van der Waals surface area contributed by atoms with Crippen LogP contribution in [0.15, 0.2) is 24.3 Å². The summed E-state index contributed by atoms with van der Waals surface area (Å²) in [5.41, 5.74) is 2.63. The summed E-state index contributed by atoms with van der Waals surface area (Å²) in [6, 6.07) is 7.46. The molecule has 2 rings (SSSR count). The van der Waals surface area contributed by atoms with E-state index in [2.05, 4.69) is 25.3 Å². The van der Waals surface area contributed by atoms with Crippen LogP contribution in [0.4, 0.5) is 16.3 Å². The molecule has 0 spiro atoms. The minimum absolute atomic E-state index is 0.486. The van der Waals surface area contributed by atoms with Gasteiger partial charge in [-0.3, -0.25) is 5.32 Å². The number of nitrogens with one attached hydrogen (secondary N) is 2. The summed E-state index contributed by atoms with van der Waals surface area (Å²) < 4.78 is 4.55.